The third kappa shape index (κ3) is 3.42. The quantitative estimate of drug-likeness (QED) is 0.642. The van der Waals surface area contributed by atoms with E-state index in [9.17, 15) is 4.79 Å². The third-order valence-electron chi connectivity index (χ3n) is 5.45. The van der Waals surface area contributed by atoms with E-state index in [2.05, 4.69) is 21.7 Å². The Morgan fingerprint density at radius 1 is 1.07 bits per heavy atom. The van der Waals surface area contributed by atoms with Crippen LogP contribution in [-0.4, -0.2) is 44.2 Å². The SMILES string of the molecule is COC(=O)c1cc(C)c(C)c(N2CCCN(c3nc4ccccc4o3)CC2)c1. The minimum Gasteiger partial charge on any atom is -0.465 e. The first-order chi connectivity index (χ1) is 13.6. The van der Waals surface area contributed by atoms with Crippen LogP contribution in [0.4, 0.5) is 11.7 Å². The van der Waals surface area contributed by atoms with Crippen LogP contribution in [0.25, 0.3) is 11.1 Å². The van der Waals surface area contributed by atoms with E-state index in [0.29, 0.717) is 11.6 Å². The Morgan fingerprint density at radius 2 is 1.82 bits per heavy atom. The number of ether oxygens (including phenoxy) is 1. The zero-order valence-corrected chi connectivity index (χ0v) is 16.6. The van der Waals surface area contributed by atoms with Gasteiger partial charge in [-0.15, -0.1) is 0 Å². The van der Waals surface area contributed by atoms with Crippen LogP contribution in [0, 0.1) is 13.8 Å². The zero-order valence-electron chi connectivity index (χ0n) is 16.6. The number of hydrogen-bond acceptors (Lipinski definition) is 6. The molecule has 146 valence electrons. The summed E-state index contributed by atoms with van der Waals surface area (Å²) in [6.45, 7) is 7.60. The van der Waals surface area contributed by atoms with Gasteiger partial charge in [-0.1, -0.05) is 12.1 Å². The van der Waals surface area contributed by atoms with E-state index in [1.807, 2.05) is 43.3 Å². The minimum absolute atomic E-state index is 0.299. The summed E-state index contributed by atoms with van der Waals surface area (Å²) in [4.78, 5) is 21.2. The second-order valence-corrected chi connectivity index (χ2v) is 7.22. The van der Waals surface area contributed by atoms with Gasteiger partial charge in [-0.25, -0.2) is 4.79 Å². The average molecular weight is 379 g/mol. The van der Waals surface area contributed by atoms with Crippen LogP contribution in [0.2, 0.25) is 0 Å². The van der Waals surface area contributed by atoms with Gasteiger partial charge in [0.2, 0.25) is 0 Å². The van der Waals surface area contributed by atoms with Gasteiger partial charge in [0.25, 0.3) is 6.01 Å². The number of oxazole rings is 1. The van der Waals surface area contributed by atoms with Crippen molar-refractivity contribution in [1.29, 1.82) is 0 Å². The van der Waals surface area contributed by atoms with Gasteiger partial charge in [0.1, 0.15) is 5.52 Å². The third-order valence-corrected chi connectivity index (χ3v) is 5.45. The first-order valence-corrected chi connectivity index (χ1v) is 9.62. The van der Waals surface area contributed by atoms with Gasteiger partial charge in [-0.2, -0.15) is 4.98 Å². The summed E-state index contributed by atoms with van der Waals surface area (Å²) >= 11 is 0. The predicted octanol–water partition coefficient (Wildman–Crippen LogP) is 3.95. The van der Waals surface area contributed by atoms with E-state index >= 15 is 0 Å². The number of fused-ring (bicyclic) bond motifs is 1. The molecule has 1 aromatic heterocycles. The maximum atomic E-state index is 12.0. The highest BCUT2D eigenvalue weighted by Gasteiger charge is 2.22. The predicted molar refractivity (Wildman–Crippen MR) is 110 cm³/mol. The van der Waals surface area contributed by atoms with E-state index in [4.69, 9.17) is 9.15 Å². The lowest BCUT2D eigenvalue weighted by Crippen LogP contribution is -2.31. The molecular weight excluding hydrogens is 354 g/mol. The standard InChI is InChI=1S/C22H25N3O3/c1-15-13-17(21(26)27-3)14-19(16(15)2)24-9-6-10-25(12-11-24)22-23-18-7-4-5-8-20(18)28-22/h4-5,7-8,13-14H,6,9-12H2,1-3H3. The molecule has 6 nitrogen and oxygen atoms in total. The molecule has 0 N–H and O–H groups in total. The summed E-state index contributed by atoms with van der Waals surface area (Å²) in [5, 5.41) is 0. The number of anilines is 2. The molecule has 1 fully saturated rings. The summed E-state index contributed by atoms with van der Waals surface area (Å²) in [5.41, 5.74) is 5.69. The molecule has 0 atom stereocenters. The second kappa shape index (κ2) is 7.54. The molecular formula is C22H25N3O3. The summed E-state index contributed by atoms with van der Waals surface area (Å²) in [6, 6.07) is 12.4. The molecule has 0 aliphatic carbocycles. The Balaban J connectivity index is 1.57. The molecule has 1 aliphatic heterocycles. The number of carbonyl (C=O) groups is 1. The van der Waals surface area contributed by atoms with Gasteiger partial charge in [-0.3, -0.25) is 0 Å². The van der Waals surface area contributed by atoms with Crippen molar-refractivity contribution in [2.24, 2.45) is 0 Å². The summed E-state index contributed by atoms with van der Waals surface area (Å²) in [5.74, 6) is -0.299. The zero-order chi connectivity index (χ0) is 19.7. The minimum atomic E-state index is -0.299. The molecule has 28 heavy (non-hydrogen) atoms. The van der Waals surface area contributed by atoms with Crippen molar-refractivity contribution >= 4 is 28.8 Å². The van der Waals surface area contributed by atoms with E-state index in [1.165, 1.54) is 12.7 Å². The van der Waals surface area contributed by atoms with Crippen molar-refractivity contribution in [3.05, 3.63) is 53.1 Å². The largest absolute Gasteiger partial charge is 0.465 e. The highest BCUT2D eigenvalue weighted by Crippen LogP contribution is 2.28. The number of nitrogens with zero attached hydrogens (tertiary/aromatic N) is 3. The molecule has 2 aromatic carbocycles. The second-order valence-electron chi connectivity index (χ2n) is 7.22. The molecule has 1 saturated heterocycles. The van der Waals surface area contributed by atoms with Crippen molar-refractivity contribution < 1.29 is 13.9 Å². The molecule has 0 radical (unpaired) electrons. The van der Waals surface area contributed by atoms with Crippen LogP contribution in [0.3, 0.4) is 0 Å². The van der Waals surface area contributed by atoms with Crippen LogP contribution in [-0.2, 0) is 4.74 Å². The van der Waals surface area contributed by atoms with Gasteiger partial charge in [0.05, 0.1) is 12.7 Å². The number of hydrogen-bond donors (Lipinski definition) is 0. The van der Waals surface area contributed by atoms with Crippen molar-refractivity contribution in [1.82, 2.24) is 4.98 Å². The van der Waals surface area contributed by atoms with E-state index in [-0.39, 0.29) is 5.97 Å². The number of rotatable bonds is 3. The highest BCUT2D eigenvalue weighted by atomic mass is 16.5. The van der Waals surface area contributed by atoms with Crippen molar-refractivity contribution in [3.8, 4) is 0 Å². The fraction of sp³-hybridized carbons (Fsp3) is 0.364. The van der Waals surface area contributed by atoms with Gasteiger partial charge in [0, 0.05) is 31.9 Å². The van der Waals surface area contributed by atoms with E-state index < -0.39 is 0 Å². The lowest BCUT2D eigenvalue weighted by Gasteiger charge is -2.26. The topological polar surface area (TPSA) is 58.8 Å². The van der Waals surface area contributed by atoms with Crippen LogP contribution < -0.4 is 9.80 Å². The molecule has 6 heteroatoms. The van der Waals surface area contributed by atoms with Gasteiger partial charge in [0.15, 0.2) is 5.58 Å². The highest BCUT2D eigenvalue weighted by molar-refractivity contribution is 5.91. The molecule has 0 saturated carbocycles. The Hall–Kier alpha value is -3.02. The maximum absolute atomic E-state index is 12.0. The monoisotopic (exact) mass is 379 g/mol. The summed E-state index contributed by atoms with van der Waals surface area (Å²) in [7, 11) is 1.42. The Kier molecular flexibility index (Phi) is 4.94. The number of para-hydroxylation sites is 2. The van der Waals surface area contributed by atoms with Gasteiger partial charge >= 0.3 is 5.97 Å². The molecule has 4 rings (SSSR count). The number of aryl methyl sites for hydroxylation is 1. The number of carbonyl (C=O) groups excluding carboxylic acids is 1. The van der Waals surface area contributed by atoms with Crippen LogP contribution >= 0.6 is 0 Å². The lowest BCUT2D eigenvalue weighted by molar-refractivity contribution is 0.0600. The Bertz CT molecular complexity index is 978. The Labute approximate surface area is 164 Å². The first-order valence-electron chi connectivity index (χ1n) is 9.62. The first kappa shape index (κ1) is 18.3. The van der Waals surface area contributed by atoms with Gasteiger partial charge < -0.3 is 19.0 Å². The van der Waals surface area contributed by atoms with E-state index in [1.54, 1.807) is 0 Å². The average Bonchev–Trinajstić information content (AvgIpc) is 2.99. The fourth-order valence-electron chi connectivity index (χ4n) is 3.75. The van der Waals surface area contributed by atoms with Crippen LogP contribution in [0.5, 0.6) is 0 Å². The fourth-order valence-corrected chi connectivity index (χ4v) is 3.75. The normalized spacial score (nSPS) is 15.0. The Morgan fingerprint density at radius 3 is 2.61 bits per heavy atom. The number of benzene rings is 2. The smallest absolute Gasteiger partial charge is 0.337 e. The number of esters is 1. The molecule has 0 unspecified atom stereocenters. The lowest BCUT2D eigenvalue weighted by atomic mass is 10.0. The summed E-state index contributed by atoms with van der Waals surface area (Å²) in [6.07, 6.45) is 0.986. The number of aromatic nitrogens is 1. The molecule has 1 aliphatic rings. The summed E-state index contributed by atoms with van der Waals surface area (Å²) < 4.78 is 10.9. The number of methoxy groups -OCH3 is 1. The van der Waals surface area contributed by atoms with E-state index in [0.717, 1.165) is 55.0 Å². The van der Waals surface area contributed by atoms with Gasteiger partial charge in [-0.05, 0) is 55.7 Å². The van der Waals surface area contributed by atoms with Crippen molar-refractivity contribution in [3.63, 3.8) is 0 Å². The van der Waals surface area contributed by atoms with Crippen LogP contribution in [0.15, 0.2) is 40.8 Å². The molecule has 0 spiro atoms. The van der Waals surface area contributed by atoms with Crippen molar-refractivity contribution in [2.45, 2.75) is 20.3 Å². The molecule has 0 bridgehead atoms. The van der Waals surface area contributed by atoms with Crippen LogP contribution in [0.1, 0.15) is 27.9 Å². The molecule has 0 amide bonds. The van der Waals surface area contributed by atoms with Crippen molar-refractivity contribution in [2.75, 3.05) is 43.1 Å². The molecule has 2 heterocycles. The maximum Gasteiger partial charge on any atom is 0.337 e. The molecule has 3 aromatic rings.